The summed E-state index contributed by atoms with van der Waals surface area (Å²) in [5.41, 5.74) is 0.828. The summed E-state index contributed by atoms with van der Waals surface area (Å²) in [6, 6.07) is 11.9. The lowest BCUT2D eigenvalue weighted by atomic mass is 10.1. The molecule has 2 aromatic carbocycles. The second-order valence-electron chi connectivity index (χ2n) is 4.63. The number of nitro benzene ring substituents is 1. The van der Waals surface area contributed by atoms with E-state index < -0.39 is 16.4 Å². The lowest BCUT2D eigenvalue weighted by Crippen LogP contribution is -2.19. The minimum absolute atomic E-state index is 0.0146. The Hall–Kier alpha value is -1.79. The van der Waals surface area contributed by atoms with Crippen LogP contribution in [-0.2, 0) is 6.54 Å². The van der Waals surface area contributed by atoms with E-state index in [2.05, 4.69) is 21.2 Å². The zero-order valence-corrected chi connectivity index (χ0v) is 12.9. The summed E-state index contributed by atoms with van der Waals surface area (Å²) < 4.78 is 14.9. The zero-order valence-electron chi connectivity index (χ0n) is 11.3. The fourth-order valence-electron chi connectivity index (χ4n) is 2.04. The van der Waals surface area contributed by atoms with E-state index in [1.54, 1.807) is 6.07 Å². The van der Waals surface area contributed by atoms with Crippen molar-refractivity contribution in [1.29, 1.82) is 0 Å². The third kappa shape index (κ3) is 3.65. The minimum atomic E-state index is -0.783. The molecule has 0 amide bonds. The van der Waals surface area contributed by atoms with Crippen LogP contribution in [0.5, 0.6) is 0 Å². The van der Waals surface area contributed by atoms with Gasteiger partial charge in [0.05, 0.1) is 4.92 Å². The van der Waals surface area contributed by atoms with Crippen molar-refractivity contribution in [2.75, 3.05) is 0 Å². The van der Waals surface area contributed by atoms with Gasteiger partial charge < -0.3 is 5.32 Å². The van der Waals surface area contributed by atoms with E-state index in [0.29, 0.717) is 0 Å². The summed E-state index contributed by atoms with van der Waals surface area (Å²) in [5, 5.41) is 13.9. The Balaban J connectivity index is 2.12. The molecule has 0 heterocycles. The Labute approximate surface area is 130 Å². The SMILES string of the molecule is C[C@H](NCc1cccc([N+](=O)[O-])c1F)c1ccccc1Br. The third-order valence-electron chi connectivity index (χ3n) is 3.23. The molecule has 21 heavy (non-hydrogen) atoms. The topological polar surface area (TPSA) is 55.2 Å². The fourth-order valence-corrected chi connectivity index (χ4v) is 2.67. The number of rotatable bonds is 5. The quantitative estimate of drug-likeness (QED) is 0.642. The van der Waals surface area contributed by atoms with Crippen molar-refractivity contribution in [1.82, 2.24) is 5.32 Å². The van der Waals surface area contributed by atoms with Crippen LogP contribution in [0, 0.1) is 15.9 Å². The number of nitro groups is 1. The van der Waals surface area contributed by atoms with Gasteiger partial charge in [0.15, 0.2) is 0 Å². The van der Waals surface area contributed by atoms with Crippen molar-refractivity contribution in [3.63, 3.8) is 0 Å². The van der Waals surface area contributed by atoms with Crippen LogP contribution in [0.1, 0.15) is 24.1 Å². The van der Waals surface area contributed by atoms with Gasteiger partial charge in [0, 0.05) is 28.7 Å². The summed E-state index contributed by atoms with van der Waals surface area (Å²) in [5.74, 6) is -0.783. The molecule has 0 fully saturated rings. The highest BCUT2D eigenvalue weighted by atomic mass is 79.9. The molecule has 0 aliphatic heterocycles. The highest BCUT2D eigenvalue weighted by molar-refractivity contribution is 9.10. The monoisotopic (exact) mass is 352 g/mol. The molecule has 6 heteroatoms. The molecule has 2 aromatic rings. The first-order chi connectivity index (χ1) is 10.0. The van der Waals surface area contributed by atoms with Gasteiger partial charge in [-0.2, -0.15) is 4.39 Å². The highest BCUT2D eigenvalue weighted by Crippen LogP contribution is 2.24. The van der Waals surface area contributed by atoms with Crippen LogP contribution in [0.15, 0.2) is 46.9 Å². The molecule has 0 aromatic heterocycles. The Morgan fingerprint density at radius 2 is 2.00 bits per heavy atom. The Morgan fingerprint density at radius 3 is 2.67 bits per heavy atom. The summed E-state index contributed by atoms with van der Waals surface area (Å²) in [6.07, 6.45) is 0. The number of nitrogens with one attached hydrogen (secondary N) is 1. The maximum atomic E-state index is 14.0. The number of halogens is 2. The average molecular weight is 353 g/mol. The molecule has 0 saturated heterocycles. The molecule has 1 N–H and O–H groups in total. The van der Waals surface area contributed by atoms with Crippen LogP contribution in [0.25, 0.3) is 0 Å². The van der Waals surface area contributed by atoms with E-state index in [9.17, 15) is 14.5 Å². The molecule has 1 atom stereocenters. The lowest BCUT2D eigenvalue weighted by molar-refractivity contribution is -0.387. The molecular formula is C15H14BrFN2O2. The van der Waals surface area contributed by atoms with E-state index in [4.69, 9.17) is 0 Å². The van der Waals surface area contributed by atoms with Crippen molar-refractivity contribution in [2.45, 2.75) is 19.5 Å². The van der Waals surface area contributed by atoms with Crippen molar-refractivity contribution < 1.29 is 9.31 Å². The maximum absolute atomic E-state index is 14.0. The number of hydrogen-bond donors (Lipinski definition) is 1. The zero-order chi connectivity index (χ0) is 15.4. The Morgan fingerprint density at radius 1 is 1.29 bits per heavy atom. The average Bonchev–Trinajstić information content (AvgIpc) is 2.46. The van der Waals surface area contributed by atoms with E-state index in [-0.39, 0.29) is 18.2 Å². The van der Waals surface area contributed by atoms with Crippen LogP contribution in [0.2, 0.25) is 0 Å². The molecule has 4 nitrogen and oxygen atoms in total. The molecule has 0 spiro atoms. The smallest absolute Gasteiger partial charge is 0.305 e. The van der Waals surface area contributed by atoms with E-state index in [1.807, 2.05) is 31.2 Å². The molecule has 0 aliphatic rings. The molecular weight excluding hydrogens is 339 g/mol. The van der Waals surface area contributed by atoms with Gasteiger partial charge in [0.2, 0.25) is 5.82 Å². The fraction of sp³-hybridized carbons (Fsp3) is 0.200. The Kier molecular flexibility index (Phi) is 5.03. The molecule has 0 radical (unpaired) electrons. The van der Waals surface area contributed by atoms with Crippen LogP contribution < -0.4 is 5.32 Å². The number of nitrogens with zero attached hydrogens (tertiary/aromatic N) is 1. The predicted molar refractivity (Wildman–Crippen MR) is 82.5 cm³/mol. The van der Waals surface area contributed by atoms with Gasteiger partial charge in [-0.3, -0.25) is 10.1 Å². The van der Waals surface area contributed by atoms with Crippen molar-refractivity contribution in [3.05, 3.63) is 74.0 Å². The highest BCUT2D eigenvalue weighted by Gasteiger charge is 2.17. The first-order valence-electron chi connectivity index (χ1n) is 6.40. The van der Waals surface area contributed by atoms with Crippen molar-refractivity contribution >= 4 is 21.6 Å². The van der Waals surface area contributed by atoms with Crippen molar-refractivity contribution in [2.24, 2.45) is 0 Å². The van der Waals surface area contributed by atoms with Crippen LogP contribution in [-0.4, -0.2) is 4.92 Å². The van der Waals surface area contributed by atoms with Gasteiger partial charge in [0.1, 0.15) is 0 Å². The van der Waals surface area contributed by atoms with E-state index >= 15 is 0 Å². The van der Waals surface area contributed by atoms with Crippen LogP contribution in [0.3, 0.4) is 0 Å². The summed E-state index contributed by atoms with van der Waals surface area (Å²) in [7, 11) is 0. The molecule has 0 unspecified atom stereocenters. The van der Waals surface area contributed by atoms with Gasteiger partial charge in [0.25, 0.3) is 0 Å². The largest absolute Gasteiger partial charge is 0.306 e. The first kappa shape index (κ1) is 15.6. The summed E-state index contributed by atoms with van der Waals surface area (Å²) in [4.78, 5) is 10.0. The van der Waals surface area contributed by atoms with Gasteiger partial charge >= 0.3 is 5.69 Å². The lowest BCUT2D eigenvalue weighted by Gasteiger charge is -2.16. The van der Waals surface area contributed by atoms with Crippen molar-refractivity contribution in [3.8, 4) is 0 Å². The number of hydrogen-bond acceptors (Lipinski definition) is 3. The third-order valence-corrected chi connectivity index (χ3v) is 3.95. The Bertz CT molecular complexity index is 664. The minimum Gasteiger partial charge on any atom is -0.306 e. The standard InChI is InChI=1S/C15H14BrFN2O2/c1-10(12-6-2-3-7-13(12)16)18-9-11-5-4-8-14(15(11)17)19(20)21/h2-8,10,18H,9H2,1H3/t10-/m0/s1. The summed E-state index contributed by atoms with van der Waals surface area (Å²) in [6.45, 7) is 2.17. The molecule has 0 bridgehead atoms. The van der Waals surface area contributed by atoms with Gasteiger partial charge in [-0.05, 0) is 18.6 Å². The van der Waals surface area contributed by atoms with E-state index in [0.717, 1.165) is 16.1 Å². The van der Waals surface area contributed by atoms with Gasteiger partial charge in [-0.25, -0.2) is 0 Å². The second kappa shape index (κ2) is 6.78. The number of benzene rings is 2. The molecule has 0 aliphatic carbocycles. The van der Waals surface area contributed by atoms with Gasteiger partial charge in [-0.1, -0.05) is 46.3 Å². The molecule has 110 valence electrons. The van der Waals surface area contributed by atoms with Gasteiger partial charge in [-0.15, -0.1) is 0 Å². The van der Waals surface area contributed by atoms with Crippen LogP contribution >= 0.6 is 15.9 Å². The predicted octanol–water partition coefficient (Wildman–Crippen LogP) is 4.35. The maximum Gasteiger partial charge on any atom is 0.305 e. The molecule has 0 saturated carbocycles. The normalized spacial score (nSPS) is 12.1. The van der Waals surface area contributed by atoms with Crippen LogP contribution in [0.4, 0.5) is 10.1 Å². The van der Waals surface area contributed by atoms with E-state index in [1.165, 1.54) is 6.07 Å². The molecule has 2 rings (SSSR count). The second-order valence-corrected chi connectivity index (χ2v) is 5.49. The first-order valence-corrected chi connectivity index (χ1v) is 7.19. The summed E-state index contributed by atoms with van der Waals surface area (Å²) >= 11 is 3.46.